The molecule has 7 nitrogen and oxygen atoms in total. The first-order valence-corrected chi connectivity index (χ1v) is 7.13. The lowest BCUT2D eigenvalue weighted by Crippen LogP contribution is -2.21. The Labute approximate surface area is 136 Å². The van der Waals surface area contributed by atoms with Crippen molar-refractivity contribution in [3.8, 4) is 23.0 Å². The molecule has 124 valence electrons. The van der Waals surface area contributed by atoms with Crippen LogP contribution in [0.25, 0.3) is 6.08 Å². The van der Waals surface area contributed by atoms with Crippen molar-refractivity contribution in [1.29, 1.82) is 0 Å². The third-order valence-electron chi connectivity index (χ3n) is 3.92. The number of carboxylic acid groups (broad SMARTS) is 1. The number of fused-ring (bicyclic) bond motifs is 1. The molecule has 0 amide bonds. The van der Waals surface area contributed by atoms with Gasteiger partial charge in [0.1, 0.15) is 5.56 Å². The van der Waals surface area contributed by atoms with Crippen molar-refractivity contribution in [2.45, 2.75) is 13.0 Å². The van der Waals surface area contributed by atoms with E-state index in [1.165, 1.54) is 24.3 Å². The number of benzene rings is 2. The largest absolute Gasteiger partial charge is 0.504 e. The number of hydrogen-bond acceptors (Lipinski definition) is 6. The number of phenolic OH excluding ortho intramolecular Hbond substituents is 3. The fourth-order valence-corrected chi connectivity index (χ4v) is 2.70. The van der Waals surface area contributed by atoms with Crippen molar-refractivity contribution in [3.63, 3.8) is 0 Å². The monoisotopic (exact) mass is 329 g/mol. The third kappa shape index (κ3) is 2.67. The Bertz CT molecular complexity index is 872. The van der Waals surface area contributed by atoms with Gasteiger partial charge in [-0.2, -0.15) is 0 Å². The number of allylic oxidation sites excluding steroid dienone is 1. The molecule has 0 unspecified atom stereocenters. The van der Waals surface area contributed by atoms with E-state index in [9.17, 15) is 30.3 Å². The Morgan fingerprint density at radius 2 is 1.67 bits per heavy atom. The Morgan fingerprint density at radius 1 is 1.00 bits per heavy atom. The first-order valence-electron chi connectivity index (χ1n) is 7.13. The summed E-state index contributed by atoms with van der Waals surface area (Å²) in [6.45, 7) is 0.404. The second-order valence-electron chi connectivity index (χ2n) is 5.51. The minimum Gasteiger partial charge on any atom is -0.504 e. The summed E-state index contributed by atoms with van der Waals surface area (Å²) in [5.41, 5.74) is 2.17. The van der Waals surface area contributed by atoms with Crippen LogP contribution in [0.3, 0.4) is 0 Å². The van der Waals surface area contributed by atoms with Crippen LogP contribution in [0.4, 0.5) is 0 Å². The van der Waals surface area contributed by atoms with E-state index >= 15 is 0 Å². The number of hydrogen-bond donors (Lipinski definition) is 6. The maximum atomic E-state index is 11.3. The van der Waals surface area contributed by atoms with E-state index in [0.717, 1.165) is 11.1 Å². The summed E-state index contributed by atoms with van der Waals surface area (Å²) in [6.07, 6.45) is 1.96. The zero-order chi connectivity index (χ0) is 17.4. The van der Waals surface area contributed by atoms with Crippen LogP contribution in [0.1, 0.15) is 27.0 Å². The maximum absolute atomic E-state index is 11.3. The smallest absolute Gasteiger partial charge is 0.340 e. The van der Waals surface area contributed by atoms with Gasteiger partial charge in [-0.15, -0.1) is 0 Å². The van der Waals surface area contributed by atoms with Gasteiger partial charge in [0.25, 0.3) is 0 Å². The summed E-state index contributed by atoms with van der Waals surface area (Å²) < 4.78 is 0. The zero-order valence-electron chi connectivity index (χ0n) is 12.4. The molecule has 3 rings (SSSR count). The zero-order valence-corrected chi connectivity index (χ0v) is 12.4. The molecule has 0 saturated heterocycles. The van der Waals surface area contributed by atoms with E-state index in [-0.39, 0.29) is 22.6 Å². The average molecular weight is 329 g/mol. The molecular weight excluding hydrogens is 314 g/mol. The van der Waals surface area contributed by atoms with Gasteiger partial charge in [0, 0.05) is 18.7 Å². The lowest BCUT2D eigenvalue weighted by molar-refractivity contribution is 0.0692. The van der Waals surface area contributed by atoms with Crippen LogP contribution in [0, 0.1) is 0 Å². The fourth-order valence-electron chi connectivity index (χ4n) is 2.70. The molecule has 0 fully saturated rings. The van der Waals surface area contributed by atoms with Crippen molar-refractivity contribution in [3.05, 3.63) is 52.2 Å². The molecule has 1 aliphatic rings. The molecule has 0 aliphatic carbocycles. The van der Waals surface area contributed by atoms with Crippen LogP contribution in [0.15, 0.2) is 30.0 Å². The van der Waals surface area contributed by atoms with E-state index < -0.39 is 17.5 Å². The molecule has 0 spiro atoms. The highest BCUT2D eigenvalue weighted by Crippen LogP contribution is 2.34. The van der Waals surface area contributed by atoms with E-state index in [0.29, 0.717) is 18.7 Å². The van der Waals surface area contributed by atoms with E-state index in [1.54, 1.807) is 6.08 Å². The average Bonchev–Trinajstić information content (AvgIpc) is 2.52. The summed E-state index contributed by atoms with van der Waals surface area (Å²) in [5, 5.41) is 50.7. The molecule has 0 saturated carbocycles. The normalized spacial score (nSPS) is 14.9. The third-order valence-corrected chi connectivity index (χ3v) is 3.92. The minimum absolute atomic E-state index is 0.195. The molecular formula is C17H15NO6. The summed E-state index contributed by atoms with van der Waals surface area (Å²) in [7, 11) is 0. The van der Waals surface area contributed by atoms with Crippen molar-refractivity contribution in [2.24, 2.45) is 0 Å². The van der Waals surface area contributed by atoms with Crippen molar-refractivity contribution in [1.82, 2.24) is 5.32 Å². The van der Waals surface area contributed by atoms with Crippen molar-refractivity contribution in [2.75, 3.05) is 0 Å². The first kappa shape index (κ1) is 15.5. The molecule has 0 atom stereocenters. The lowest BCUT2D eigenvalue weighted by Gasteiger charge is -2.22. The number of aromatic hydroxyl groups is 4. The van der Waals surface area contributed by atoms with Gasteiger partial charge >= 0.3 is 5.97 Å². The van der Waals surface area contributed by atoms with E-state index in [1.807, 2.05) is 0 Å². The van der Waals surface area contributed by atoms with Gasteiger partial charge < -0.3 is 30.8 Å². The predicted octanol–water partition coefficient (Wildman–Crippen LogP) is 1.89. The van der Waals surface area contributed by atoms with Crippen LogP contribution in [0.2, 0.25) is 0 Å². The predicted molar refractivity (Wildman–Crippen MR) is 85.0 cm³/mol. The topological polar surface area (TPSA) is 130 Å². The second kappa shape index (κ2) is 5.69. The summed E-state index contributed by atoms with van der Waals surface area (Å²) in [4.78, 5) is 11.3. The van der Waals surface area contributed by atoms with Crippen LogP contribution in [0.5, 0.6) is 23.0 Å². The lowest BCUT2D eigenvalue weighted by atomic mass is 9.96. The fraction of sp³-hybridized carbons (Fsp3) is 0.118. The molecule has 0 aromatic heterocycles. The molecule has 0 radical (unpaired) electrons. The standard InChI is InChI=1S/C17H15NO6/c19-12-2-1-8(15(16(12)22)17(23)24)3-11-4-9-5-13(20)14(21)6-10(9)7-18-11/h1-3,5-6,18-22H,4,7H2,(H,23,24)/b11-3+. The Hall–Kier alpha value is -3.35. The van der Waals surface area contributed by atoms with Crippen LogP contribution >= 0.6 is 0 Å². The van der Waals surface area contributed by atoms with Crippen LogP contribution in [-0.2, 0) is 13.0 Å². The highest BCUT2D eigenvalue weighted by Gasteiger charge is 2.20. The number of phenols is 4. The highest BCUT2D eigenvalue weighted by atomic mass is 16.4. The van der Waals surface area contributed by atoms with Crippen LogP contribution in [-0.4, -0.2) is 31.5 Å². The Kier molecular flexibility index (Phi) is 3.69. The van der Waals surface area contributed by atoms with Gasteiger partial charge in [0.05, 0.1) is 0 Å². The van der Waals surface area contributed by atoms with E-state index in [2.05, 4.69) is 5.32 Å². The van der Waals surface area contributed by atoms with Gasteiger partial charge in [0.15, 0.2) is 23.0 Å². The number of carboxylic acids is 1. The number of aromatic carboxylic acids is 1. The minimum atomic E-state index is -1.35. The SMILES string of the molecule is O=C(O)c1c(/C=C2\Cc3cc(O)c(O)cc3CN2)ccc(O)c1O. The van der Waals surface area contributed by atoms with Gasteiger partial charge in [-0.25, -0.2) is 4.79 Å². The molecule has 2 aromatic rings. The van der Waals surface area contributed by atoms with Crippen molar-refractivity contribution >= 4 is 12.0 Å². The Morgan fingerprint density at radius 3 is 2.33 bits per heavy atom. The maximum Gasteiger partial charge on any atom is 0.340 e. The second-order valence-corrected chi connectivity index (χ2v) is 5.51. The number of nitrogens with one attached hydrogen (secondary N) is 1. The number of carbonyl (C=O) groups is 1. The summed E-state index contributed by atoms with van der Waals surface area (Å²) in [5.74, 6) is -2.95. The molecule has 2 aromatic carbocycles. The van der Waals surface area contributed by atoms with Gasteiger partial charge in [-0.05, 0) is 41.0 Å². The quantitative estimate of drug-likeness (QED) is 0.464. The molecule has 0 bridgehead atoms. The number of rotatable bonds is 2. The molecule has 6 N–H and O–H groups in total. The van der Waals surface area contributed by atoms with Crippen molar-refractivity contribution < 1.29 is 30.3 Å². The van der Waals surface area contributed by atoms with Gasteiger partial charge in [-0.1, -0.05) is 6.07 Å². The Balaban J connectivity index is 2.00. The molecule has 7 heteroatoms. The van der Waals surface area contributed by atoms with Crippen LogP contribution < -0.4 is 5.32 Å². The summed E-state index contributed by atoms with van der Waals surface area (Å²) in [6, 6.07) is 5.56. The molecule has 1 heterocycles. The van der Waals surface area contributed by atoms with Gasteiger partial charge in [-0.3, -0.25) is 0 Å². The highest BCUT2D eigenvalue weighted by molar-refractivity contribution is 5.96. The van der Waals surface area contributed by atoms with E-state index in [4.69, 9.17) is 0 Å². The van der Waals surface area contributed by atoms with Gasteiger partial charge in [0.2, 0.25) is 0 Å². The first-order chi connectivity index (χ1) is 11.4. The summed E-state index contributed by atoms with van der Waals surface area (Å²) >= 11 is 0. The molecule has 1 aliphatic heterocycles. The molecule has 24 heavy (non-hydrogen) atoms.